The smallest absolute Gasteiger partial charge is 0.267 e. The Morgan fingerprint density at radius 1 is 0.839 bits per heavy atom. The lowest BCUT2D eigenvalue weighted by atomic mass is 9.97. The van der Waals surface area contributed by atoms with Crippen molar-refractivity contribution in [2.24, 2.45) is 0 Å². The molecule has 2 atom stereocenters. The van der Waals surface area contributed by atoms with Crippen molar-refractivity contribution in [2.75, 3.05) is 5.01 Å². The topological polar surface area (TPSA) is 40.6 Å². The highest BCUT2D eigenvalue weighted by Crippen LogP contribution is 2.41. The summed E-state index contributed by atoms with van der Waals surface area (Å²) in [6.07, 6.45) is 3.46. The molecule has 0 N–H and O–H groups in total. The summed E-state index contributed by atoms with van der Waals surface area (Å²) < 4.78 is 0.793. The molecule has 0 radical (unpaired) electrons. The summed E-state index contributed by atoms with van der Waals surface area (Å²) in [6, 6.07) is 22.7. The number of fused-ring (bicyclic) bond motifs is 1. The molecule has 4 nitrogen and oxygen atoms in total. The van der Waals surface area contributed by atoms with Crippen molar-refractivity contribution in [2.45, 2.75) is 30.4 Å². The minimum Gasteiger partial charge on any atom is -0.267 e. The molecule has 31 heavy (non-hydrogen) atoms. The second kappa shape index (κ2) is 8.17. The number of hydrogen-bond donors (Lipinski definition) is 1. The Labute approximate surface area is 195 Å². The third kappa shape index (κ3) is 3.48. The zero-order valence-corrected chi connectivity index (χ0v) is 19.2. The number of thiol groups is 1. The lowest BCUT2D eigenvalue weighted by molar-refractivity contribution is 0.0654. The molecule has 156 valence electrons. The van der Waals surface area contributed by atoms with Gasteiger partial charge in [0.1, 0.15) is 0 Å². The number of anilines is 2. The summed E-state index contributed by atoms with van der Waals surface area (Å²) in [6.45, 7) is 0. The Balaban J connectivity index is 1.59. The summed E-state index contributed by atoms with van der Waals surface area (Å²) >= 11 is 8.34. The fraction of sp³-hybridized carbons (Fsp3) is 0.200. The van der Waals surface area contributed by atoms with E-state index in [9.17, 15) is 9.59 Å². The van der Waals surface area contributed by atoms with Gasteiger partial charge in [-0.15, -0.1) is 0 Å². The molecule has 2 unspecified atom stereocenters. The minimum absolute atomic E-state index is 0.327. The van der Waals surface area contributed by atoms with Crippen molar-refractivity contribution in [3.63, 3.8) is 0 Å². The first kappa shape index (κ1) is 20.3. The van der Waals surface area contributed by atoms with E-state index in [1.807, 2.05) is 36.4 Å². The van der Waals surface area contributed by atoms with Gasteiger partial charge in [-0.1, -0.05) is 42.8 Å². The molecule has 1 heterocycles. The maximum Gasteiger partial charge on any atom is 0.281 e. The van der Waals surface area contributed by atoms with Crippen LogP contribution in [-0.4, -0.2) is 22.1 Å². The van der Waals surface area contributed by atoms with E-state index in [0.717, 1.165) is 28.7 Å². The summed E-state index contributed by atoms with van der Waals surface area (Å²) in [4.78, 5) is 26.5. The first-order chi connectivity index (χ1) is 15.1. The highest BCUT2D eigenvalue weighted by Gasteiger charge is 2.40. The molecule has 2 aliphatic rings. The predicted molar refractivity (Wildman–Crippen MR) is 129 cm³/mol. The predicted octanol–water partition coefficient (Wildman–Crippen LogP) is 6.36. The van der Waals surface area contributed by atoms with Gasteiger partial charge in [-0.05, 0) is 76.7 Å². The number of para-hydroxylation sites is 1. The quantitative estimate of drug-likeness (QED) is 0.340. The van der Waals surface area contributed by atoms with E-state index in [0.29, 0.717) is 22.3 Å². The molecule has 0 spiro atoms. The number of hydrogen-bond acceptors (Lipinski definition) is 4. The van der Waals surface area contributed by atoms with Crippen molar-refractivity contribution in [1.82, 2.24) is 5.01 Å². The van der Waals surface area contributed by atoms with Gasteiger partial charge in [0.05, 0.1) is 22.5 Å². The standard InChI is InChI=1S/C25H21BrN2O2S/c26-21-9-3-4-10-22(21)27(28-24(29)19-6-1-2-7-20(19)25(28)30)17-14-12-16(13-15-17)18-8-5-11-23(18)31/h1-4,6-7,9-10,12-15,18,23,31H,5,8,11H2. The molecule has 1 saturated carbocycles. The third-order valence-electron chi connectivity index (χ3n) is 6.10. The lowest BCUT2D eigenvalue weighted by Gasteiger charge is -2.33. The molecule has 0 bridgehead atoms. The Morgan fingerprint density at radius 3 is 2.03 bits per heavy atom. The zero-order valence-electron chi connectivity index (χ0n) is 16.7. The SMILES string of the molecule is O=C1c2ccccc2C(=O)N1N(c1ccc(C2CCCC2S)cc1)c1ccccc1Br. The van der Waals surface area contributed by atoms with Gasteiger partial charge in [0.25, 0.3) is 11.8 Å². The number of imide groups is 1. The zero-order chi connectivity index (χ0) is 21.5. The van der Waals surface area contributed by atoms with Crippen LogP contribution in [0.25, 0.3) is 0 Å². The second-order valence-electron chi connectivity index (χ2n) is 7.93. The van der Waals surface area contributed by atoms with Gasteiger partial charge < -0.3 is 0 Å². The van der Waals surface area contributed by atoms with Crippen molar-refractivity contribution in [1.29, 1.82) is 0 Å². The van der Waals surface area contributed by atoms with Crippen LogP contribution in [0.1, 0.15) is 51.5 Å². The van der Waals surface area contributed by atoms with Crippen LogP contribution in [0.5, 0.6) is 0 Å². The fourth-order valence-electron chi connectivity index (χ4n) is 4.54. The van der Waals surface area contributed by atoms with Crippen molar-refractivity contribution in [3.05, 3.63) is 94.0 Å². The molecular formula is C25H21BrN2O2S. The summed E-state index contributed by atoms with van der Waals surface area (Å²) in [5, 5.41) is 3.31. The Morgan fingerprint density at radius 2 is 1.45 bits per heavy atom. The van der Waals surface area contributed by atoms with Gasteiger partial charge >= 0.3 is 0 Å². The number of rotatable bonds is 4. The maximum atomic E-state index is 13.3. The van der Waals surface area contributed by atoms with Crippen LogP contribution in [0.3, 0.4) is 0 Å². The lowest BCUT2D eigenvalue weighted by Crippen LogP contribution is -2.43. The minimum atomic E-state index is -0.327. The first-order valence-electron chi connectivity index (χ1n) is 10.4. The molecule has 1 aliphatic heterocycles. The molecular weight excluding hydrogens is 472 g/mol. The average Bonchev–Trinajstić information content (AvgIpc) is 3.33. The average molecular weight is 493 g/mol. The highest BCUT2D eigenvalue weighted by molar-refractivity contribution is 9.10. The largest absolute Gasteiger partial charge is 0.281 e. The highest BCUT2D eigenvalue weighted by atomic mass is 79.9. The van der Waals surface area contributed by atoms with Gasteiger partial charge in [-0.2, -0.15) is 17.6 Å². The second-order valence-corrected chi connectivity index (χ2v) is 9.44. The van der Waals surface area contributed by atoms with E-state index in [4.69, 9.17) is 12.6 Å². The summed E-state index contributed by atoms with van der Waals surface area (Å²) in [5.74, 6) is -0.216. The van der Waals surface area contributed by atoms with Crippen LogP contribution >= 0.6 is 28.6 Å². The number of benzene rings is 3. The van der Waals surface area contributed by atoms with Gasteiger partial charge in [0, 0.05) is 9.72 Å². The molecule has 1 aliphatic carbocycles. The number of hydrazine groups is 1. The van der Waals surface area contributed by atoms with Crippen LogP contribution in [0.15, 0.2) is 77.3 Å². The van der Waals surface area contributed by atoms with E-state index < -0.39 is 0 Å². The van der Waals surface area contributed by atoms with Gasteiger partial charge in [-0.25, -0.2) is 5.01 Å². The van der Waals surface area contributed by atoms with Gasteiger partial charge in [0.2, 0.25) is 0 Å². The normalized spacial score (nSPS) is 20.3. The number of carbonyl (C=O) groups excluding carboxylic acids is 2. The number of carbonyl (C=O) groups is 2. The van der Waals surface area contributed by atoms with Crippen molar-refractivity contribution < 1.29 is 9.59 Å². The molecule has 0 saturated heterocycles. The number of amides is 2. The van der Waals surface area contributed by atoms with Crippen LogP contribution in [0.4, 0.5) is 11.4 Å². The van der Waals surface area contributed by atoms with E-state index >= 15 is 0 Å². The van der Waals surface area contributed by atoms with Crippen molar-refractivity contribution >= 4 is 51.7 Å². The van der Waals surface area contributed by atoms with Gasteiger partial charge in [0.15, 0.2) is 0 Å². The Hall–Kier alpha value is -2.57. The number of nitrogens with zero attached hydrogens (tertiary/aromatic N) is 2. The monoisotopic (exact) mass is 492 g/mol. The molecule has 1 fully saturated rings. The molecule has 6 heteroatoms. The molecule has 3 aromatic carbocycles. The fourth-order valence-corrected chi connectivity index (χ4v) is 5.49. The molecule has 3 aromatic rings. The number of halogens is 1. The molecule has 5 rings (SSSR count). The van der Waals surface area contributed by atoms with E-state index in [-0.39, 0.29) is 11.8 Å². The maximum absolute atomic E-state index is 13.3. The van der Waals surface area contributed by atoms with Crippen molar-refractivity contribution in [3.8, 4) is 0 Å². The van der Waals surface area contributed by atoms with Crippen LogP contribution in [0.2, 0.25) is 0 Å². The molecule has 0 aromatic heterocycles. The van der Waals surface area contributed by atoms with Gasteiger partial charge in [-0.3, -0.25) is 9.59 Å². The third-order valence-corrected chi connectivity index (χ3v) is 7.39. The first-order valence-corrected chi connectivity index (χ1v) is 11.7. The van der Waals surface area contributed by atoms with Crippen LogP contribution in [-0.2, 0) is 0 Å². The van der Waals surface area contributed by atoms with Crippen LogP contribution < -0.4 is 5.01 Å². The Kier molecular flexibility index (Phi) is 5.36. The molecule has 2 amide bonds. The van der Waals surface area contributed by atoms with Crippen LogP contribution in [0, 0.1) is 0 Å². The van der Waals surface area contributed by atoms with E-state index in [1.54, 1.807) is 29.3 Å². The Bertz CT molecular complexity index is 1130. The summed E-state index contributed by atoms with van der Waals surface area (Å²) in [5.41, 5.74) is 3.56. The van der Waals surface area contributed by atoms with E-state index in [1.165, 1.54) is 17.0 Å². The van der Waals surface area contributed by atoms with E-state index in [2.05, 4.69) is 28.1 Å². The summed E-state index contributed by atoms with van der Waals surface area (Å²) in [7, 11) is 0.